The standard InChI is InChI=1S/C16H33NO4/c1-6-10-19-12-13-20-11-8-9-16(5,17-14(3)4)15(18)21-7-2/h14,17H,6-13H2,1-5H3. The summed E-state index contributed by atoms with van der Waals surface area (Å²) >= 11 is 0. The minimum Gasteiger partial charge on any atom is -0.465 e. The van der Waals surface area contributed by atoms with Crippen molar-refractivity contribution in [1.29, 1.82) is 0 Å². The molecule has 0 aromatic heterocycles. The van der Waals surface area contributed by atoms with Crippen molar-refractivity contribution < 1.29 is 19.0 Å². The van der Waals surface area contributed by atoms with Gasteiger partial charge in [0.25, 0.3) is 0 Å². The van der Waals surface area contributed by atoms with Gasteiger partial charge in [-0.3, -0.25) is 10.1 Å². The molecule has 0 radical (unpaired) electrons. The number of esters is 1. The second-order valence-electron chi connectivity index (χ2n) is 5.68. The molecule has 0 aromatic carbocycles. The molecular weight excluding hydrogens is 270 g/mol. The smallest absolute Gasteiger partial charge is 0.326 e. The van der Waals surface area contributed by atoms with Crippen molar-refractivity contribution in [3.8, 4) is 0 Å². The van der Waals surface area contributed by atoms with Gasteiger partial charge in [0.05, 0.1) is 19.8 Å². The molecule has 0 spiro atoms. The van der Waals surface area contributed by atoms with Crippen molar-refractivity contribution in [1.82, 2.24) is 5.32 Å². The van der Waals surface area contributed by atoms with Gasteiger partial charge < -0.3 is 14.2 Å². The average molecular weight is 303 g/mol. The fourth-order valence-corrected chi connectivity index (χ4v) is 2.15. The molecular formula is C16H33NO4. The van der Waals surface area contributed by atoms with Gasteiger partial charge in [-0.2, -0.15) is 0 Å². The summed E-state index contributed by atoms with van der Waals surface area (Å²) in [6, 6.07) is 0.225. The van der Waals surface area contributed by atoms with Crippen molar-refractivity contribution in [2.75, 3.05) is 33.0 Å². The zero-order valence-electron chi connectivity index (χ0n) is 14.4. The van der Waals surface area contributed by atoms with Crippen LogP contribution in [0.15, 0.2) is 0 Å². The third-order valence-corrected chi connectivity index (χ3v) is 3.02. The number of hydrogen-bond donors (Lipinski definition) is 1. The summed E-state index contributed by atoms with van der Waals surface area (Å²) in [5.41, 5.74) is -0.647. The first kappa shape index (κ1) is 20.3. The number of nitrogens with one attached hydrogen (secondary N) is 1. The van der Waals surface area contributed by atoms with Gasteiger partial charge in [-0.05, 0) is 47.0 Å². The normalized spacial score (nSPS) is 14.2. The monoisotopic (exact) mass is 303 g/mol. The molecule has 126 valence electrons. The molecule has 0 heterocycles. The highest BCUT2D eigenvalue weighted by Gasteiger charge is 2.34. The molecule has 21 heavy (non-hydrogen) atoms. The summed E-state index contributed by atoms with van der Waals surface area (Å²) in [6.45, 7) is 12.9. The molecule has 0 rings (SSSR count). The van der Waals surface area contributed by atoms with E-state index in [-0.39, 0.29) is 12.0 Å². The number of hydrogen-bond acceptors (Lipinski definition) is 5. The van der Waals surface area contributed by atoms with Crippen LogP contribution in [0.2, 0.25) is 0 Å². The van der Waals surface area contributed by atoms with E-state index in [4.69, 9.17) is 14.2 Å². The number of carbonyl (C=O) groups excluding carboxylic acids is 1. The van der Waals surface area contributed by atoms with Crippen molar-refractivity contribution in [3.05, 3.63) is 0 Å². The molecule has 0 aliphatic carbocycles. The topological polar surface area (TPSA) is 56.8 Å². The Morgan fingerprint density at radius 2 is 1.71 bits per heavy atom. The highest BCUT2D eigenvalue weighted by atomic mass is 16.5. The summed E-state index contributed by atoms with van der Waals surface area (Å²) in [5, 5.41) is 3.30. The Labute approximate surface area is 129 Å². The van der Waals surface area contributed by atoms with Crippen LogP contribution in [-0.4, -0.2) is 50.6 Å². The fraction of sp³-hybridized carbons (Fsp3) is 0.938. The van der Waals surface area contributed by atoms with E-state index < -0.39 is 5.54 Å². The number of rotatable bonds is 13. The third-order valence-electron chi connectivity index (χ3n) is 3.02. The zero-order chi connectivity index (χ0) is 16.1. The molecule has 0 bridgehead atoms. The molecule has 0 amide bonds. The third kappa shape index (κ3) is 9.82. The average Bonchev–Trinajstić information content (AvgIpc) is 2.41. The minimum atomic E-state index is -0.647. The van der Waals surface area contributed by atoms with Crippen LogP contribution in [0, 0.1) is 0 Å². The molecule has 1 atom stereocenters. The van der Waals surface area contributed by atoms with Gasteiger partial charge in [0.2, 0.25) is 0 Å². The van der Waals surface area contributed by atoms with Gasteiger partial charge in [-0.15, -0.1) is 0 Å². The molecule has 5 heteroatoms. The van der Waals surface area contributed by atoms with Crippen LogP contribution in [0.25, 0.3) is 0 Å². The molecule has 5 nitrogen and oxygen atoms in total. The molecule has 1 unspecified atom stereocenters. The molecule has 0 fully saturated rings. The Kier molecular flexibility index (Phi) is 11.6. The number of carbonyl (C=O) groups is 1. The van der Waals surface area contributed by atoms with Crippen LogP contribution in [-0.2, 0) is 19.0 Å². The highest BCUT2D eigenvalue weighted by Crippen LogP contribution is 2.16. The Hall–Kier alpha value is -0.650. The van der Waals surface area contributed by atoms with Crippen LogP contribution >= 0.6 is 0 Å². The number of ether oxygens (including phenoxy) is 3. The molecule has 0 saturated heterocycles. The van der Waals surface area contributed by atoms with E-state index >= 15 is 0 Å². The van der Waals surface area contributed by atoms with E-state index in [1.165, 1.54) is 0 Å². The SMILES string of the molecule is CCCOCCOCCCC(C)(NC(C)C)C(=O)OCC. The second-order valence-corrected chi connectivity index (χ2v) is 5.68. The molecule has 0 aliphatic rings. The quantitative estimate of drug-likeness (QED) is 0.418. The minimum absolute atomic E-state index is 0.190. The highest BCUT2D eigenvalue weighted by molar-refractivity contribution is 5.80. The van der Waals surface area contributed by atoms with Crippen molar-refractivity contribution in [2.24, 2.45) is 0 Å². The van der Waals surface area contributed by atoms with Gasteiger partial charge in [0.15, 0.2) is 0 Å². The Morgan fingerprint density at radius 1 is 1.10 bits per heavy atom. The Bertz CT molecular complexity index is 271. The first-order chi connectivity index (χ1) is 9.96. The van der Waals surface area contributed by atoms with E-state index in [2.05, 4.69) is 12.2 Å². The van der Waals surface area contributed by atoms with Crippen molar-refractivity contribution >= 4 is 5.97 Å². The lowest BCUT2D eigenvalue weighted by Crippen LogP contribution is -2.53. The summed E-state index contributed by atoms with van der Waals surface area (Å²) in [7, 11) is 0. The Balaban J connectivity index is 3.99. The molecule has 0 aromatic rings. The lowest BCUT2D eigenvalue weighted by atomic mass is 9.95. The summed E-state index contributed by atoms with van der Waals surface area (Å²) < 4.78 is 16.0. The predicted molar refractivity (Wildman–Crippen MR) is 84.5 cm³/mol. The summed E-state index contributed by atoms with van der Waals surface area (Å²) in [5.74, 6) is -0.190. The maximum absolute atomic E-state index is 12.1. The molecule has 1 N–H and O–H groups in total. The predicted octanol–water partition coefficient (Wildman–Crippen LogP) is 2.53. The van der Waals surface area contributed by atoms with Gasteiger partial charge in [-0.1, -0.05) is 6.92 Å². The van der Waals surface area contributed by atoms with Crippen LogP contribution in [0.3, 0.4) is 0 Å². The lowest BCUT2D eigenvalue weighted by molar-refractivity contribution is -0.151. The van der Waals surface area contributed by atoms with Crippen LogP contribution in [0.5, 0.6) is 0 Å². The maximum Gasteiger partial charge on any atom is 0.326 e. The lowest BCUT2D eigenvalue weighted by Gasteiger charge is -2.30. The second kappa shape index (κ2) is 12.0. The largest absolute Gasteiger partial charge is 0.465 e. The molecule has 0 saturated carbocycles. The van der Waals surface area contributed by atoms with E-state index in [0.29, 0.717) is 32.8 Å². The maximum atomic E-state index is 12.1. The van der Waals surface area contributed by atoms with E-state index in [9.17, 15) is 4.79 Å². The van der Waals surface area contributed by atoms with Crippen molar-refractivity contribution in [2.45, 2.75) is 65.5 Å². The Morgan fingerprint density at radius 3 is 2.24 bits per heavy atom. The van der Waals surface area contributed by atoms with Gasteiger partial charge in [-0.25, -0.2) is 0 Å². The van der Waals surface area contributed by atoms with E-state index in [1.807, 2.05) is 27.7 Å². The van der Waals surface area contributed by atoms with Crippen molar-refractivity contribution in [3.63, 3.8) is 0 Å². The zero-order valence-corrected chi connectivity index (χ0v) is 14.4. The van der Waals surface area contributed by atoms with Gasteiger partial charge >= 0.3 is 5.97 Å². The van der Waals surface area contributed by atoms with E-state index in [0.717, 1.165) is 19.4 Å². The van der Waals surface area contributed by atoms with Crippen LogP contribution in [0.1, 0.15) is 53.9 Å². The van der Waals surface area contributed by atoms with Crippen LogP contribution < -0.4 is 5.32 Å². The summed E-state index contributed by atoms with van der Waals surface area (Å²) in [6.07, 6.45) is 2.53. The fourth-order valence-electron chi connectivity index (χ4n) is 2.15. The first-order valence-corrected chi connectivity index (χ1v) is 8.06. The van der Waals surface area contributed by atoms with Gasteiger partial charge in [0, 0.05) is 19.3 Å². The van der Waals surface area contributed by atoms with Crippen LogP contribution in [0.4, 0.5) is 0 Å². The van der Waals surface area contributed by atoms with E-state index in [1.54, 1.807) is 0 Å². The summed E-state index contributed by atoms with van der Waals surface area (Å²) in [4.78, 5) is 12.1. The first-order valence-electron chi connectivity index (χ1n) is 8.06. The van der Waals surface area contributed by atoms with Gasteiger partial charge in [0.1, 0.15) is 5.54 Å². The molecule has 0 aliphatic heterocycles.